The molecule has 0 aromatic heterocycles. The van der Waals surface area contributed by atoms with E-state index in [9.17, 15) is 39.9 Å². The molecule has 2 heterocycles. The highest BCUT2D eigenvalue weighted by Gasteiger charge is 2.57. The quantitative estimate of drug-likeness (QED) is 0.121. The number of benzene rings is 1. The molecule has 254 valence electrons. The second-order valence-corrected chi connectivity index (χ2v) is 12.2. The van der Waals surface area contributed by atoms with E-state index in [1.807, 2.05) is 13.8 Å². The molecule has 1 aromatic rings. The summed E-state index contributed by atoms with van der Waals surface area (Å²) in [5, 5.41) is 52.0. The first-order chi connectivity index (χ1) is 21.8. The Kier molecular flexibility index (Phi) is 11.8. The van der Waals surface area contributed by atoms with Crippen molar-refractivity contribution in [3.8, 4) is 5.75 Å². The van der Waals surface area contributed by atoms with E-state index in [1.54, 1.807) is 12.1 Å². The molecule has 1 aliphatic carbocycles. The summed E-state index contributed by atoms with van der Waals surface area (Å²) < 4.78 is 33.6. The minimum absolute atomic E-state index is 0.0207. The summed E-state index contributed by atoms with van der Waals surface area (Å²) in [6, 6.07) is 6.01. The zero-order chi connectivity index (χ0) is 33.6. The number of ether oxygens (including phenoxy) is 6. The van der Waals surface area contributed by atoms with Crippen molar-refractivity contribution in [2.75, 3.05) is 19.8 Å². The van der Waals surface area contributed by atoms with Crippen LogP contribution in [0.5, 0.6) is 5.75 Å². The van der Waals surface area contributed by atoms with Crippen molar-refractivity contribution in [3.63, 3.8) is 0 Å². The molecule has 2 fully saturated rings. The van der Waals surface area contributed by atoms with Gasteiger partial charge in [0.25, 0.3) is 0 Å². The molecule has 1 saturated carbocycles. The van der Waals surface area contributed by atoms with Gasteiger partial charge >= 0.3 is 17.9 Å². The van der Waals surface area contributed by atoms with E-state index in [0.717, 1.165) is 6.08 Å². The van der Waals surface area contributed by atoms with Crippen molar-refractivity contribution in [2.45, 2.75) is 82.6 Å². The lowest BCUT2D eigenvalue weighted by Crippen LogP contribution is -2.60. The molecule has 0 radical (unpaired) electrons. The largest absolute Gasteiger partial charge is 0.508 e. The van der Waals surface area contributed by atoms with Gasteiger partial charge in [0.2, 0.25) is 6.29 Å². The number of aliphatic hydroxyl groups is 4. The molecule has 0 spiro atoms. The second kappa shape index (κ2) is 15.4. The van der Waals surface area contributed by atoms with Crippen LogP contribution in [0.25, 0.3) is 6.08 Å². The highest BCUT2D eigenvalue weighted by Crippen LogP contribution is 2.49. The van der Waals surface area contributed by atoms with E-state index in [1.165, 1.54) is 31.4 Å². The lowest BCUT2D eigenvalue weighted by atomic mass is 9.81. The zero-order valence-corrected chi connectivity index (χ0v) is 25.9. The van der Waals surface area contributed by atoms with Gasteiger partial charge in [0, 0.05) is 19.4 Å². The molecule has 46 heavy (non-hydrogen) atoms. The van der Waals surface area contributed by atoms with Crippen molar-refractivity contribution in [1.29, 1.82) is 0 Å². The maximum Gasteiger partial charge on any atom is 0.331 e. The van der Waals surface area contributed by atoms with Crippen LogP contribution in [-0.2, 0) is 42.8 Å². The molecule has 0 unspecified atom stereocenters. The van der Waals surface area contributed by atoms with E-state index in [0.29, 0.717) is 17.6 Å². The van der Waals surface area contributed by atoms with Crippen LogP contribution < -0.4 is 0 Å². The lowest BCUT2D eigenvalue weighted by molar-refractivity contribution is -0.302. The Morgan fingerprint density at radius 2 is 1.80 bits per heavy atom. The molecule has 0 bridgehead atoms. The van der Waals surface area contributed by atoms with E-state index >= 15 is 0 Å². The van der Waals surface area contributed by atoms with Gasteiger partial charge in [-0.05, 0) is 54.0 Å². The summed E-state index contributed by atoms with van der Waals surface area (Å²) in [6.07, 6.45) is -4.07. The topological polar surface area (TPSA) is 208 Å². The highest BCUT2D eigenvalue weighted by molar-refractivity contribution is 5.87. The smallest absolute Gasteiger partial charge is 0.331 e. The Morgan fingerprint density at radius 1 is 1.09 bits per heavy atom. The third-order valence-electron chi connectivity index (χ3n) is 8.21. The van der Waals surface area contributed by atoms with Gasteiger partial charge in [0.15, 0.2) is 12.4 Å². The third-order valence-corrected chi connectivity index (χ3v) is 8.21. The van der Waals surface area contributed by atoms with Crippen LogP contribution in [0.3, 0.4) is 0 Å². The summed E-state index contributed by atoms with van der Waals surface area (Å²) in [5.74, 6) is -3.20. The number of hydrogen-bond acceptors (Lipinski definition) is 14. The van der Waals surface area contributed by atoms with Gasteiger partial charge in [-0.2, -0.15) is 0 Å². The number of carbonyl (C=O) groups excluding carboxylic acids is 3. The highest BCUT2D eigenvalue weighted by atomic mass is 16.7. The number of rotatable bonds is 12. The van der Waals surface area contributed by atoms with E-state index < -0.39 is 78.9 Å². The van der Waals surface area contributed by atoms with Crippen molar-refractivity contribution in [3.05, 3.63) is 47.7 Å². The fourth-order valence-corrected chi connectivity index (χ4v) is 5.88. The maximum absolute atomic E-state index is 12.7. The van der Waals surface area contributed by atoms with Crippen molar-refractivity contribution >= 4 is 24.0 Å². The summed E-state index contributed by atoms with van der Waals surface area (Å²) in [4.78, 5) is 36.8. The van der Waals surface area contributed by atoms with Gasteiger partial charge < -0.3 is 54.0 Å². The molecule has 1 aromatic carbocycles. The van der Waals surface area contributed by atoms with E-state index in [2.05, 4.69) is 0 Å². The first-order valence-electron chi connectivity index (χ1n) is 15.1. The number of aliphatic hydroxyl groups excluding tert-OH is 3. The Hall–Kier alpha value is -3.53. The monoisotopic (exact) mass is 650 g/mol. The maximum atomic E-state index is 12.7. The number of hydrogen-bond donors (Lipinski definition) is 5. The normalized spacial score (nSPS) is 32.4. The van der Waals surface area contributed by atoms with Gasteiger partial charge in [0.05, 0.1) is 25.4 Å². The Balaban J connectivity index is 1.50. The SMILES string of the molecule is CC(=O)OC[C@@]1(O)CC[C@H]2C(CO[C@@H]3O[C@@H](CO)[C@@H](O)[C@@H](O)[C@H]3OC(=O)C=Cc3ccc(O)cc3)=CO[C@H](OC(=O)CC(C)C)[C@@H]21. The van der Waals surface area contributed by atoms with E-state index in [4.69, 9.17) is 28.4 Å². The molecule has 2 aliphatic heterocycles. The van der Waals surface area contributed by atoms with Gasteiger partial charge in [-0.25, -0.2) is 4.79 Å². The number of fused-ring (bicyclic) bond motifs is 1. The Morgan fingerprint density at radius 3 is 2.46 bits per heavy atom. The fraction of sp³-hybridized carbons (Fsp3) is 0.594. The van der Waals surface area contributed by atoms with Crippen LogP contribution in [-0.4, -0.2) is 106 Å². The molecular formula is C32H42O14. The minimum atomic E-state index is -1.68. The predicted octanol–water partition coefficient (Wildman–Crippen LogP) is 0.923. The van der Waals surface area contributed by atoms with Crippen LogP contribution in [0.2, 0.25) is 0 Å². The molecular weight excluding hydrogens is 608 g/mol. The lowest BCUT2D eigenvalue weighted by Gasteiger charge is -2.42. The molecule has 4 rings (SSSR count). The van der Waals surface area contributed by atoms with Gasteiger partial charge in [-0.15, -0.1) is 0 Å². The van der Waals surface area contributed by atoms with Crippen LogP contribution in [0.4, 0.5) is 0 Å². The Bertz CT molecular complexity index is 1280. The Labute approximate surface area is 266 Å². The van der Waals surface area contributed by atoms with Crippen LogP contribution in [0.15, 0.2) is 42.2 Å². The molecule has 3 aliphatic rings. The zero-order valence-electron chi connectivity index (χ0n) is 25.9. The average Bonchev–Trinajstić information content (AvgIpc) is 3.36. The molecule has 5 N–H and O–H groups in total. The van der Waals surface area contributed by atoms with Gasteiger partial charge in [0.1, 0.15) is 36.3 Å². The molecule has 9 atom stereocenters. The first kappa shape index (κ1) is 35.3. The molecule has 14 nitrogen and oxygen atoms in total. The summed E-state index contributed by atoms with van der Waals surface area (Å²) in [6.45, 7) is 3.70. The summed E-state index contributed by atoms with van der Waals surface area (Å²) >= 11 is 0. The van der Waals surface area contributed by atoms with Crippen LogP contribution >= 0.6 is 0 Å². The summed E-state index contributed by atoms with van der Waals surface area (Å²) in [7, 11) is 0. The fourth-order valence-electron chi connectivity index (χ4n) is 5.88. The number of esters is 3. The number of carbonyl (C=O) groups is 3. The van der Waals surface area contributed by atoms with Crippen LogP contribution in [0.1, 0.15) is 45.6 Å². The number of aromatic hydroxyl groups is 1. The molecule has 0 amide bonds. The predicted molar refractivity (Wildman–Crippen MR) is 157 cm³/mol. The minimum Gasteiger partial charge on any atom is -0.508 e. The van der Waals surface area contributed by atoms with E-state index in [-0.39, 0.29) is 37.7 Å². The van der Waals surface area contributed by atoms with Gasteiger partial charge in [-0.1, -0.05) is 26.0 Å². The van der Waals surface area contributed by atoms with Crippen molar-refractivity contribution in [2.24, 2.45) is 17.8 Å². The third kappa shape index (κ3) is 8.63. The van der Waals surface area contributed by atoms with Crippen molar-refractivity contribution < 1.29 is 68.3 Å². The number of phenolic OH excluding ortho intramolecular Hbond substituents is 1. The van der Waals surface area contributed by atoms with Gasteiger partial charge in [-0.3, -0.25) is 9.59 Å². The molecule has 14 heteroatoms. The first-order valence-corrected chi connectivity index (χ1v) is 15.1. The summed E-state index contributed by atoms with van der Waals surface area (Å²) in [5.41, 5.74) is -0.480. The number of phenols is 1. The second-order valence-electron chi connectivity index (χ2n) is 12.2. The standard InChI is InChI=1S/C32H42O14/c1-17(2)12-25(37)46-30-26-22(10-11-32(26,40)16-43-18(3)34)20(14-41-30)15-42-31-29(28(39)27(38)23(13-33)44-31)45-24(36)9-6-19-4-7-21(35)8-5-19/h4-9,14,17,22-23,26-31,33,35,38-40H,10-13,15-16H2,1-3H3/t22-,23-,26+,27+,28+,29+,30+,31+,32-/m0/s1. The molecule has 1 saturated heterocycles. The van der Waals surface area contributed by atoms with Crippen LogP contribution in [0, 0.1) is 17.8 Å². The average molecular weight is 651 g/mol. The van der Waals surface area contributed by atoms with Crippen molar-refractivity contribution in [1.82, 2.24) is 0 Å².